The molecule has 1 amide bonds. The lowest BCUT2D eigenvalue weighted by atomic mass is 9.97. The fourth-order valence-corrected chi connectivity index (χ4v) is 3.49. The van der Waals surface area contributed by atoms with Crippen molar-refractivity contribution in [1.29, 1.82) is 0 Å². The molecule has 1 aliphatic heterocycles. The van der Waals surface area contributed by atoms with Gasteiger partial charge in [-0.2, -0.15) is 0 Å². The van der Waals surface area contributed by atoms with Crippen molar-refractivity contribution in [3.05, 3.63) is 36.0 Å². The summed E-state index contributed by atoms with van der Waals surface area (Å²) in [6, 6.07) is 7.52. The van der Waals surface area contributed by atoms with Crippen LogP contribution in [0.2, 0.25) is 0 Å². The number of nitrogens with zero attached hydrogens (tertiary/aromatic N) is 3. The number of rotatable bonds is 7. The van der Waals surface area contributed by atoms with Gasteiger partial charge in [-0.05, 0) is 57.8 Å². The van der Waals surface area contributed by atoms with E-state index in [4.69, 9.17) is 9.15 Å². The van der Waals surface area contributed by atoms with Gasteiger partial charge in [-0.25, -0.2) is 0 Å². The van der Waals surface area contributed by atoms with Crippen LogP contribution in [-0.2, 0) is 4.79 Å². The van der Waals surface area contributed by atoms with Crippen molar-refractivity contribution < 1.29 is 13.9 Å². The number of carbonyl (C=O) groups is 1. The molecular formula is C20H26N4O3. The summed E-state index contributed by atoms with van der Waals surface area (Å²) in [5.74, 6) is 3.06. The Morgan fingerprint density at radius 1 is 1.15 bits per heavy atom. The van der Waals surface area contributed by atoms with Crippen molar-refractivity contribution in [3.63, 3.8) is 0 Å². The van der Waals surface area contributed by atoms with Crippen molar-refractivity contribution >= 4 is 11.6 Å². The molecule has 0 unspecified atom stereocenters. The molecule has 0 radical (unpaired) electrons. The second-order valence-corrected chi connectivity index (χ2v) is 7.28. The number of para-hydroxylation sites is 2. The van der Waals surface area contributed by atoms with Gasteiger partial charge < -0.3 is 14.5 Å². The summed E-state index contributed by atoms with van der Waals surface area (Å²) >= 11 is 0. The van der Waals surface area contributed by atoms with E-state index in [1.54, 1.807) is 0 Å². The van der Waals surface area contributed by atoms with E-state index >= 15 is 0 Å². The monoisotopic (exact) mass is 370 g/mol. The molecule has 1 N–H and O–H groups in total. The Bertz CT molecular complexity index is 779. The maximum absolute atomic E-state index is 12.4. The first-order valence-corrected chi connectivity index (χ1v) is 9.80. The van der Waals surface area contributed by atoms with Crippen LogP contribution in [0.5, 0.6) is 5.75 Å². The van der Waals surface area contributed by atoms with Crippen molar-refractivity contribution in [3.8, 4) is 5.75 Å². The first-order valence-electron chi connectivity index (χ1n) is 9.80. The van der Waals surface area contributed by atoms with Gasteiger partial charge in [0.1, 0.15) is 5.75 Å². The largest absolute Gasteiger partial charge is 0.492 e. The molecule has 7 heteroatoms. The van der Waals surface area contributed by atoms with E-state index in [0.717, 1.165) is 43.4 Å². The first-order chi connectivity index (χ1) is 13.2. The van der Waals surface area contributed by atoms with Gasteiger partial charge >= 0.3 is 0 Å². The fourth-order valence-electron chi connectivity index (χ4n) is 3.49. The number of aromatic nitrogens is 2. The fraction of sp³-hybridized carbons (Fsp3) is 0.550. The quantitative estimate of drug-likeness (QED) is 0.806. The van der Waals surface area contributed by atoms with E-state index in [1.165, 1.54) is 12.8 Å². The zero-order valence-electron chi connectivity index (χ0n) is 15.7. The van der Waals surface area contributed by atoms with Crippen LogP contribution in [0.3, 0.4) is 0 Å². The highest BCUT2D eigenvalue weighted by Crippen LogP contribution is 2.40. The Morgan fingerprint density at radius 3 is 2.48 bits per heavy atom. The van der Waals surface area contributed by atoms with E-state index < -0.39 is 0 Å². The predicted octanol–water partition coefficient (Wildman–Crippen LogP) is 3.16. The first kappa shape index (κ1) is 18.0. The number of benzene rings is 1. The molecule has 1 aliphatic carbocycles. The third kappa shape index (κ3) is 4.47. The number of piperidine rings is 1. The van der Waals surface area contributed by atoms with Crippen molar-refractivity contribution in [2.24, 2.45) is 0 Å². The second-order valence-electron chi connectivity index (χ2n) is 7.28. The molecule has 2 fully saturated rings. The Kier molecular flexibility index (Phi) is 5.38. The maximum atomic E-state index is 12.4. The second kappa shape index (κ2) is 8.08. The summed E-state index contributed by atoms with van der Waals surface area (Å²) in [6.45, 7) is 4.58. The lowest BCUT2D eigenvalue weighted by molar-refractivity contribution is -0.117. The summed E-state index contributed by atoms with van der Waals surface area (Å²) < 4.78 is 11.4. The number of likely N-dealkylation sites (tertiary alicyclic amines) is 1. The lowest BCUT2D eigenvalue weighted by Crippen LogP contribution is -2.38. The van der Waals surface area contributed by atoms with Crippen LogP contribution in [0.15, 0.2) is 28.7 Å². The number of amides is 1. The van der Waals surface area contributed by atoms with Gasteiger partial charge in [0, 0.05) is 11.8 Å². The van der Waals surface area contributed by atoms with Gasteiger partial charge in [0.2, 0.25) is 17.7 Å². The highest BCUT2D eigenvalue weighted by Gasteiger charge is 2.32. The molecule has 7 nitrogen and oxygen atoms in total. The third-order valence-electron chi connectivity index (χ3n) is 5.15. The smallest absolute Gasteiger partial charge is 0.238 e. The molecule has 1 aromatic heterocycles. The van der Waals surface area contributed by atoms with Gasteiger partial charge in [-0.1, -0.05) is 12.1 Å². The standard InChI is InChI=1S/C20H26N4O3/c1-2-26-17-6-4-3-5-16(17)21-18(25)13-24-11-9-15(10-12-24)20-23-22-19(27-20)14-7-8-14/h3-6,14-15H,2,7-13H2,1H3,(H,21,25). The molecule has 27 heavy (non-hydrogen) atoms. The minimum atomic E-state index is -0.0191. The topological polar surface area (TPSA) is 80.5 Å². The molecule has 1 saturated carbocycles. The molecule has 2 heterocycles. The molecule has 1 saturated heterocycles. The summed E-state index contributed by atoms with van der Waals surface area (Å²) in [5.41, 5.74) is 0.720. The number of carbonyl (C=O) groups excluding carboxylic acids is 1. The average molecular weight is 370 g/mol. The summed E-state index contributed by atoms with van der Waals surface area (Å²) in [5, 5.41) is 11.4. The molecule has 0 atom stereocenters. The maximum Gasteiger partial charge on any atom is 0.238 e. The molecule has 144 valence electrons. The molecule has 2 aliphatic rings. The van der Waals surface area contributed by atoms with Gasteiger partial charge in [-0.15, -0.1) is 10.2 Å². The number of anilines is 1. The van der Waals surface area contributed by atoms with Crippen LogP contribution < -0.4 is 10.1 Å². The lowest BCUT2D eigenvalue weighted by Gasteiger charge is -2.29. The van der Waals surface area contributed by atoms with Gasteiger partial charge in [0.15, 0.2) is 0 Å². The molecule has 0 spiro atoms. The normalized spacial score (nSPS) is 18.4. The van der Waals surface area contributed by atoms with Gasteiger partial charge in [-0.3, -0.25) is 9.69 Å². The molecule has 2 aromatic rings. The van der Waals surface area contributed by atoms with Crippen LogP contribution >= 0.6 is 0 Å². The van der Waals surface area contributed by atoms with E-state index in [2.05, 4.69) is 20.4 Å². The SMILES string of the molecule is CCOc1ccccc1NC(=O)CN1CCC(c2nnc(C3CC3)o2)CC1. The zero-order valence-corrected chi connectivity index (χ0v) is 15.7. The number of hydrogen-bond acceptors (Lipinski definition) is 6. The van der Waals surface area contributed by atoms with Crippen LogP contribution in [0, 0.1) is 0 Å². The van der Waals surface area contributed by atoms with E-state index in [9.17, 15) is 4.79 Å². The Balaban J connectivity index is 1.26. The minimum Gasteiger partial charge on any atom is -0.492 e. The van der Waals surface area contributed by atoms with E-state index in [-0.39, 0.29) is 5.91 Å². The zero-order chi connectivity index (χ0) is 18.6. The van der Waals surface area contributed by atoms with E-state index in [0.29, 0.717) is 30.7 Å². The minimum absolute atomic E-state index is 0.0191. The van der Waals surface area contributed by atoms with Crippen molar-refractivity contribution in [1.82, 2.24) is 15.1 Å². The van der Waals surface area contributed by atoms with Crippen molar-refractivity contribution in [2.75, 3.05) is 31.6 Å². The third-order valence-corrected chi connectivity index (χ3v) is 5.15. The predicted molar refractivity (Wildman–Crippen MR) is 101 cm³/mol. The Hall–Kier alpha value is -2.41. The van der Waals surface area contributed by atoms with Crippen molar-refractivity contribution in [2.45, 2.75) is 44.4 Å². The van der Waals surface area contributed by atoms with Gasteiger partial charge in [0.25, 0.3) is 0 Å². The van der Waals surface area contributed by atoms with Gasteiger partial charge in [0.05, 0.1) is 18.8 Å². The number of hydrogen-bond donors (Lipinski definition) is 1. The highest BCUT2D eigenvalue weighted by atomic mass is 16.5. The average Bonchev–Trinajstić information content (AvgIpc) is 3.41. The Labute approximate surface area is 159 Å². The van der Waals surface area contributed by atoms with E-state index in [1.807, 2.05) is 31.2 Å². The highest BCUT2D eigenvalue weighted by molar-refractivity contribution is 5.93. The van der Waals surface area contributed by atoms with Crippen LogP contribution in [0.25, 0.3) is 0 Å². The number of ether oxygens (including phenoxy) is 1. The molecule has 4 rings (SSSR count). The molecular weight excluding hydrogens is 344 g/mol. The number of nitrogens with one attached hydrogen (secondary N) is 1. The summed E-state index contributed by atoms with van der Waals surface area (Å²) in [6.07, 6.45) is 4.22. The van der Waals surface area contributed by atoms with Crippen LogP contribution in [0.1, 0.15) is 56.2 Å². The molecule has 1 aromatic carbocycles. The summed E-state index contributed by atoms with van der Waals surface area (Å²) in [4.78, 5) is 14.6. The van der Waals surface area contributed by atoms with Crippen LogP contribution in [-0.4, -0.2) is 47.2 Å². The summed E-state index contributed by atoms with van der Waals surface area (Å²) in [7, 11) is 0. The Morgan fingerprint density at radius 2 is 1.81 bits per heavy atom. The molecule has 0 bridgehead atoms. The van der Waals surface area contributed by atoms with Crippen LogP contribution in [0.4, 0.5) is 5.69 Å².